The van der Waals surface area contributed by atoms with E-state index in [1.54, 1.807) is 0 Å². The lowest BCUT2D eigenvalue weighted by Gasteiger charge is -2.21. The highest BCUT2D eigenvalue weighted by molar-refractivity contribution is 7.47. The van der Waals surface area contributed by atoms with E-state index in [1.807, 2.05) is 0 Å². The molecular weight excluding hydrogens is 1220 g/mol. The smallest absolute Gasteiger partial charge is 0.462 e. The van der Waals surface area contributed by atoms with Crippen molar-refractivity contribution in [3.8, 4) is 0 Å². The van der Waals surface area contributed by atoms with Crippen molar-refractivity contribution in [2.75, 3.05) is 39.6 Å². The summed E-state index contributed by atoms with van der Waals surface area (Å²) in [5.74, 6) is -0.625. The highest BCUT2D eigenvalue weighted by Crippen LogP contribution is 2.45. The van der Waals surface area contributed by atoms with Crippen LogP contribution in [0, 0.1) is 11.8 Å². The molecule has 0 fully saturated rings. The first-order chi connectivity index (χ1) is 44.9. The molecule has 552 valence electrons. The minimum absolute atomic E-state index is 0.104. The Balaban J connectivity index is 5.10. The molecule has 19 heteroatoms. The Hall–Kier alpha value is -1.94. The van der Waals surface area contributed by atoms with Gasteiger partial charge in [-0.2, -0.15) is 0 Å². The molecule has 0 heterocycles. The molecule has 0 aliphatic rings. The lowest BCUT2D eigenvalue weighted by molar-refractivity contribution is -0.161. The third-order valence-corrected chi connectivity index (χ3v) is 19.1. The molecule has 0 aliphatic carbocycles. The third kappa shape index (κ3) is 68.4. The number of phosphoric acid groups is 2. The largest absolute Gasteiger partial charge is 0.472 e. The van der Waals surface area contributed by atoms with E-state index in [-0.39, 0.29) is 25.7 Å². The molecule has 0 aromatic heterocycles. The van der Waals surface area contributed by atoms with Gasteiger partial charge in [-0.15, -0.1) is 0 Å². The van der Waals surface area contributed by atoms with E-state index in [0.29, 0.717) is 25.7 Å². The second-order valence-electron chi connectivity index (χ2n) is 27.6. The van der Waals surface area contributed by atoms with Gasteiger partial charge in [-0.25, -0.2) is 9.13 Å². The average molecular weight is 1370 g/mol. The Kier molecular flexibility index (Phi) is 64.6. The van der Waals surface area contributed by atoms with Crippen LogP contribution in [0.3, 0.4) is 0 Å². The number of hydrogen-bond acceptors (Lipinski definition) is 15. The van der Waals surface area contributed by atoms with Gasteiger partial charge in [0.2, 0.25) is 0 Å². The summed E-state index contributed by atoms with van der Waals surface area (Å²) in [5.41, 5.74) is 0. The number of phosphoric ester groups is 2. The van der Waals surface area contributed by atoms with E-state index in [1.165, 1.54) is 193 Å². The molecule has 0 spiro atoms. The number of rotatable bonds is 73. The van der Waals surface area contributed by atoms with Gasteiger partial charge >= 0.3 is 39.5 Å². The summed E-state index contributed by atoms with van der Waals surface area (Å²) in [6.07, 6.45) is 53.4. The quantitative estimate of drug-likeness (QED) is 0.0222. The SMILES string of the molecule is CCCCCCCCCCCCCCCCCCCCCCCCC(=O)O[C@H](COC(=O)CCCCCCCCCCCCCC(C)C)COP(=O)(O)OC[C@@H](O)COP(=O)(O)OC[C@@H](COC(=O)CCCCCCC)OC(=O)CCCCCCCCCCCC(C)C. The van der Waals surface area contributed by atoms with Crippen molar-refractivity contribution >= 4 is 39.5 Å². The predicted octanol–water partition coefficient (Wildman–Crippen LogP) is 21.6. The second kappa shape index (κ2) is 66.0. The molecule has 0 rings (SSSR count). The fraction of sp³-hybridized carbons (Fsp3) is 0.946. The Morgan fingerprint density at radius 1 is 0.290 bits per heavy atom. The van der Waals surface area contributed by atoms with Crippen molar-refractivity contribution in [3.05, 3.63) is 0 Å². The molecule has 0 saturated heterocycles. The van der Waals surface area contributed by atoms with Crippen molar-refractivity contribution in [3.63, 3.8) is 0 Å². The van der Waals surface area contributed by atoms with Gasteiger partial charge in [0.1, 0.15) is 19.3 Å². The van der Waals surface area contributed by atoms with E-state index in [0.717, 1.165) is 108 Å². The van der Waals surface area contributed by atoms with Crippen LogP contribution >= 0.6 is 15.6 Å². The number of ether oxygens (including phenoxy) is 4. The van der Waals surface area contributed by atoms with Gasteiger partial charge in [0.25, 0.3) is 0 Å². The lowest BCUT2D eigenvalue weighted by atomic mass is 10.0. The fourth-order valence-electron chi connectivity index (χ4n) is 11.3. The monoisotopic (exact) mass is 1370 g/mol. The molecule has 0 bridgehead atoms. The molecule has 5 atom stereocenters. The molecule has 93 heavy (non-hydrogen) atoms. The molecule has 0 saturated carbocycles. The van der Waals surface area contributed by atoms with Gasteiger partial charge in [0, 0.05) is 25.7 Å². The number of aliphatic hydroxyl groups excluding tert-OH is 1. The summed E-state index contributed by atoms with van der Waals surface area (Å²) in [6, 6.07) is 0. The highest BCUT2D eigenvalue weighted by atomic mass is 31.2. The minimum Gasteiger partial charge on any atom is -0.462 e. The van der Waals surface area contributed by atoms with E-state index >= 15 is 0 Å². The summed E-state index contributed by atoms with van der Waals surface area (Å²) in [7, 11) is -9.90. The Labute approximate surface area is 568 Å². The number of carbonyl (C=O) groups excluding carboxylic acids is 4. The highest BCUT2D eigenvalue weighted by Gasteiger charge is 2.30. The molecule has 0 amide bonds. The number of hydrogen-bond donors (Lipinski definition) is 3. The van der Waals surface area contributed by atoms with Gasteiger partial charge in [-0.05, 0) is 37.5 Å². The summed E-state index contributed by atoms with van der Waals surface area (Å²) in [4.78, 5) is 72.4. The average Bonchev–Trinajstić information content (AvgIpc) is 1.66. The fourth-order valence-corrected chi connectivity index (χ4v) is 12.9. The predicted molar refractivity (Wildman–Crippen MR) is 377 cm³/mol. The van der Waals surface area contributed by atoms with Gasteiger partial charge < -0.3 is 33.8 Å². The molecule has 17 nitrogen and oxygen atoms in total. The van der Waals surface area contributed by atoms with Crippen molar-refractivity contribution in [1.82, 2.24) is 0 Å². The number of carbonyl (C=O) groups is 4. The van der Waals surface area contributed by atoms with Gasteiger partial charge in [-0.3, -0.25) is 37.3 Å². The zero-order chi connectivity index (χ0) is 68.6. The first kappa shape index (κ1) is 91.1. The van der Waals surface area contributed by atoms with Gasteiger partial charge in [0.15, 0.2) is 12.2 Å². The number of esters is 4. The van der Waals surface area contributed by atoms with Crippen LogP contribution in [0.2, 0.25) is 0 Å². The van der Waals surface area contributed by atoms with Crippen LogP contribution in [0.5, 0.6) is 0 Å². The maximum atomic E-state index is 13.1. The van der Waals surface area contributed by atoms with E-state index in [2.05, 4.69) is 41.5 Å². The summed E-state index contributed by atoms with van der Waals surface area (Å²) in [5, 5.41) is 10.6. The first-order valence-corrected chi connectivity index (χ1v) is 41.5. The topological polar surface area (TPSA) is 237 Å². The maximum absolute atomic E-state index is 13.1. The maximum Gasteiger partial charge on any atom is 0.472 e. The van der Waals surface area contributed by atoms with Crippen LogP contribution in [-0.4, -0.2) is 96.7 Å². The molecule has 2 unspecified atom stereocenters. The second-order valence-corrected chi connectivity index (χ2v) is 30.5. The number of aliphatic hydroxyl groups is 1. The standard InChI is InChI=1S/C74H144O17P2/c1-7-9-11-13-14-15-16-17-18-19-20-21-22-23-24-25-26-29-35-40-46-52-58-73(78)91-70(63-85-72(77)57-51-45-39-34-30-27-28-32-37-43-48-54-66(3)4)65-89-93(82,83)87-61-68(75)60-86-92(80,81)88-64-69(62-84-71(76)56-50-42-12-10-8-2)90-74(79)59-53-47-41-36-31-33-38-44-49-55-67(5)6/h66-70,75H,7-65H2,1-6H3,(H,80,81)(H,82,83)/t68-,69+,70+/m0/s1. The Bertz CT molecular complexity index is 1800. The lowest BCUT2D eigenvalue weighted by Crippen LogP contribution is -2.30. The van der Waals surface area contributed by atoms with Gasteiger partial charge in [0.05, 0.1) is 26.4 Å². The Morgan fingerprint density at radius 3 is 0.731 bits per heavy atom. The van der Waals surface area contributed by atoms with Crippen LogP contribution in [0.4, 0.5) is 0 Å². The Morgan fingerprint density at radius 2 is 0.495 bits per heavy atom. The van der Waals surface area contributed by atoms with Crippen LogP contribution in [-0.2, 0) is 65.4 Å². The zero-order valence-corrected chi connectivity index (χ0v) is 62.3. The van der Waals surface area contributed by atoms with E-state index in [4.69, 9.17) is 37.0 Å². The van der Waals surface area contributed by atoms with Crippen molar-refractivity contribution in [1.29, 1.82) is 0 Å². The minimum atomic E-state index is -4.95. The van der Waals surface area contributed by atoms with Crippen molar-refractivity contribution < 1.29 is 80.2 Å². The van der Waals surface area contributed by atoms with E-state index < -0.39 is 97.5 Å². The summed E-state index contributed by atoms with van der Waals surface area (Å²) >= 11 is 0. The molecule has 0 aromatic rings. The van der Waals surface area contributed by atoms with Crippen LogP contribution in [0.15, 0.2) is 0 Å². The van der Waals surface area contributed by atoms with Crippen LogP contribution in [0.1, 0.15) is 382 Å². The summed E-state index contributed by atoms with van der Waals surface area (Å²) < 4.78 is 68.2. The van der Waals surface area contributed by atoms with Crippen molar-refractivity contribution in [2.24, 2.45) is 11.8 Å². The normalized spacial score (nSPS) is 14.1. The number of unbranched alkanes of at least 4 members (excludes halogenated alkanes) is 43. The zero-order valence-electron chi connectivity index (χ0n) is 60.6. The van der Waals surface area contributed by atoms with Crippen LogP contribution in [0.25, 0.3) is 0 Å². The van der Waals surface area contributed by atoms with E-state index in [9.17, 15) is 43.2 Å². The molecule has 0 aromatic carbocycles. The summed E-state index contributed by atoms with van der Waals surface area (Å²) in [6.45, 7) is 9.46. The van der Waals surface area contributed by atoms with Gasteiger partial charge in [-0.1, -0.05) is 330 Å². The third-order valence-electron chi connectivity index (χ3n) is 17.2. The molecule has 0 radical (unpaired) electrons. The molecular formula is C74H144O17P2. The first-order valence-electron chi connectivity index (χ1n) is 38.5. The van der Waals surface area contributed by atoms with Crippen molar-refractivity contribution in [2.45, 2.75) is 400 Å². The van der Waals surface area contributed by atoms with Crippen LogP contribution < -0.4 is 0 Å². The molecule has 3 N–H and O–H groups in total. The molecule has 0 aliphatic heterocycles.